The molecule has 0 amide bonds. The van der Waals surface area contributed by atoms with E-state index < -0.39 is 10.0 Å². The van der Waals surface area contributed by atoms with Crippen LogP contribution < -0.4 is 4.72 Å². The smallest absolute Gasteiger partial charge is 0.282 e. The Kier molecular flexibility index (Phi) is 4.56. The van der Waals surface area contributed by atoms with Crippen LogP contribution in [0.5, 0.6) is 0 Å². The molecule has 1 heterocycles. The third kappa shape index (κ3) is 3.07. The van der Waals surface area contributed by atoms with Gasteiger partial charge in [-0.2, -0.15) is 8.42 Å². The van der Waals surface area contributed by atoms with Gasteiger partial charge in [0.15, 0.2) is 0 Å². The number of aromatic nitrogens is 2. The Hall–Kier alpha value is -0.470. The van der Waals surface area contributed by atoms with E-state index in [1.54, 1.807) is 7.05 Å². The van der Waals surface area contributed by atoms with Gasteiger partial charge in [0.2, 0.25) is 5.03 Å². The molecule has 1 aromatic carbocycles. The Labute approximate surface area is 139 Å². The highest BCUT2D eigenvalue weighted by molar-refractivity contribution is 9.10. The zero-order valence-corrected chi connectivity index (χ0v) is 14.5. The van der Waals surface area contributed by atoms with Crippen LogP contribution in [0.3, 0.4) is 0 Å². The van der Waals surface area contributed by atoms with Crippen LogP contribution in [-0.2, 0) is 17.1 Å². The van der Waals surface area contributed by atoms with E-state index in [2.05, 4.69) is 25.6 Å². The van der Waals surface area contributed by atoms with E-state index in [1.165, 1.54) is 23.0 Å². The molecule has 0 aliphatic carbocycles. The lowest BCUT2D eigenvalue weighted by Gasteiger charge is -2.10. The summed E-state index contributed by atoms with van der Waals surface area (Å²) < 4.78 is 28.7. The van der Waals surface area contributed by atoms with Crippen molar-refractivity contribution in [3.8, 4) is 0 Å². The third-order valence-corrected chi connectivity index (χ3v) is 5.22. The van der Waals surface area contributed by atoms with E-state index >= 15 is 0 Å². The molecule has 0 saturated heterocycles. The first-order valence-corrected chi connectivity index (χ1v) is 8.47. The second-order valence-electron chi connectivity index (χ2n) is 3.80. The summed E-state index contributed by atoms with van der Waals surface area (Å²) in [7, 11) is -2.40. The van der Waals surface area contributed by atoms with Gasteiger partial charge in [-0.1, -0.05) is 50.7 Å². The Morgan fingerprint density at radius 1 is 1.25 bits per heavy atom. The molecule has 0 unspecified atom stereocenters. The highest BCUT2D eigenvalue weighted by Crippen LogP contribution is 2.35. The van der Waals surface area contributed by atoms with Gasteiger partial charge in [0, 0.05) is 11.5 Å². The highest BCUT2D eigenvalue weighted by atomic mass is 79.9. The van der Waals surface area contributed by atoms with Gasteiger partial charge < -0.3 is 4.57 Å². The van der Waals surface area contributed by atoms with Crippen molar-refractivity contribution in [1.82, 2.24) is 9.55 Å². The Morgan fingerprint density at radius 2 is 1.80 bits per heavy atom. The summed E-state index contributed by atoms with van der Waals surface area (Å²) in [5.41, 5.74) is 0.0678. The number of nitrogens with one attached hydrogen (secondary N) is 1. The predicted octanol–water partition coefficient (Wildman–Crippen LogP) is 3.94. The molecular weight excluding hydrogens is 412 g/mol. The number of hydrogen-bond acceptors (Lipinski definition) is 3. The Balaban J connectivity index is 2.47. The fourth-order valence-corrected chi connectivity index (χ4v) is 4.35. The number of sulfonamides is 1. The maximum absolute atomic E-state index is 12.2. The molecule has 0 aliphatic heterocycles. The van der Waals surface area contributed by atoms with Crippen molar-refractivity contribution in [2.24, 2.45) is 7.05 Å². The molecular formula is C10H7BrCl3N3O2S. The molecule has 2 aromatic rings. The number of nitrogens with zero attached hydrogens (tertiary/aromatic N) is 2. The zero-order valence-electron chi connectivity index (χ0n) is 9.86. The predicted molar refractivity (Wildman–Crippen MR) is 83.2 cm³/mol. The zero-order chi connectivity index (χ0) is 15.1. The molecule has 0 fully saturated rings. The second-order valence-corrected chi connectivity index (χ2v) is 7.49. The minimum Gasteiger partial charge on any atom is -0.324 e. The maximum atomic E-state index is 12.2. The lowest BCUT2D eigenvalue weighted by Crippen LogP contribution is -2.14. The first-order valence-electron chi connectivity index (χ1n) is 5.06. The summed E-state index contributed by atoms with van der Waals surface area (Å²) in [5.74, 6) is 0. The number of benzene rings is 1. The van der Waals surface area contributed by atoms with Crippen LogP contribution in [0.2, 0.25) is 15.2 Å². The number of hydrogen-bond donors (Lipinski definition) is 1. The monoisotopic (exact) mass is 417 g/mol. The van der Waals surface area contributed by atoms with E-state index in [0.717, 1.165) is 0 Å². The van der Waals surface area contributed by atoms with Crippen LogP contribution in [-0.4, -0.2) is 18.0 Å². The molecule has 0 radical (unpaired) electrons. The molecule has 5 nitrogen and oxygen atoms in total. The van der Waals surface area contributed by atoms with Crippen molar-refractivity contribution in [2.75, 3.05) is 4.72 Å². The highest BCUT2D eigenvalue weighted by Gasteiger charge is 2.24. The van der Waals surface area contributed by atoms with E-state index in [0.29, 0.717) is 4.47 Å². The summed E-state index contributed by atoms with van der Waals surface area (Å²) in [6, 6.07) is 3.04. The summed E-state index contributed by atoms with van der Waals surface area (Å²) >= 11 is 21.0. The van der Waals surface area contributed by atoms with Crippen molar-refractivity contribution in [2.45, 2.75) is 5.03 Å². The summed E-state index contributed by atoms with van der Waals surface area (Å²) in [6.45, 7) is 0. The molecule has 20 heavy (non-hydrogen) atoms. The molecule has 0 saturated carbocycles. The largest absolute Gasteiger partial charge is 0.324 e. The van der Waals surface area contributed by atoms with Crippen LogP contribution >= 0.6 is 50.7 Å². The summed E-state index contributed by atoms with van der Waals surface area (Å²) in [6.07, 6.45) is 1.29. The van der Waals surface area contributed by atoms with Crippen molar-refractivity contribution >= 4 is 66.4 Å². The molecule has 0 bridgehead atoms. The summed E-state index contributed by atoms with van der Waals surface area (Å²) in [5, 5.41) is -0.00131. The molecule has 0 aliphatic rings. The maximum Gasteiger partial charge on any atom is 0.282 e. The van der Waals surface area contributed by atoms with Crippen molar-refractivity contribution in [1.29, 1.82) is 0 Å². The van der Waals surface area contributed by atoms with E-state index in [4.69, 9.17) is 34.8 Å². The Bertz CT molecular complexity index is 753. The minimum atomic E-state index is -3.98. The molecule has 1 aromatic heterocycles. The molecule has 10 heteroatoms. The van der Waals surface area contributed by atoms with Crippen LogP contribution in [0.15, 0.2) is 28.0 Å². The van der Waals surface area contributed by atoms with Crippen LogP contribution in [0, 0.1) is 0 Å². The number of rotatable bonds is 3. The number of aryl methyl sites for hydroxylation is 1. The van der Waals surface area contributed by atoms with E-state index in [1.807, 2.05) is 0 Å². The van der Waals surface area contributed by atoms with Gasteiger partial charge in [-0.15, -0.1) is 0 Å². The molecule has 2 rings (SSSR count). The van der Waals surface area contributed by atoms with Gasteiger partial charge in [-0.3, -0.25) is 4.72 Å². The first kappa shape index (κ1) is 15.9. The fourth-order valence-electron chi connectivity index (χ4n) is 1.40. The minimum absolute atomic E-state index is 0.0122. The number of anilines is 1. The number of halogens is 4. The lowest BCUT2D eigenvalue weighted by atomic mass is 10.3. The van der Waals surface area contributed by atoms with Gasteiger partial charge in [0.1, 0.15) is 5.15 Å². The van der Waals surface area contributed by atoms with Crippen molar-refractivity contribution < 1.29 is 8.42 Å². The average Bonchev–Trinajstić information content (AvgIpc) is 2.65. The first-order chi connectivity index (χ1) is 9.22. The molecule has 108 valence electrons. The van der Waals surface area contributed by atoms with Crippen LogP contribution in [0.4, 0.5) is 5.69 Å². The van der Waals surface area contributed by atoms with Gasteiger partial charge in [0.25, 0.3) is 10.0 Å². The lowest BCUT2D eigenvalue weighted by molar-refractivity contribution is 0.598. The Morgan fingerprint density at radius 3 is 2.25 bits per heavy atom. The van der Waals surface area contributed by atoms with Gasteiger partial charge in [-0.05, 0) is 12.1 Å². The fraction of sp³-hybridized carbons (Fsp3) is 0.100. The van der Waals surface area contributed by atoms with Crippen molar-refractivity contribution in [3.63, 3.8) is 0 Å². The number of imidazole rings is 1. The second kappa shape index (κ2) is 5.73. The van der Waals surface area contributed by atoms with E-state index in [-0.39, 0.29) is 25.9 Å². The molecule has 0 spiro atoms. The quantitative estimate of drug-likeness (QED) is 0.820. The topological polar surface area (TPSA) is 64.0 Å². The average molecular weight is 420 g/mol. The SMILES string of the molecule is Cn1cnc(S(=O)(=O)Nc2c(Cl)cc(Br)cc2Cl)c1Cl. The van der Waals surface area contributed by atoms with Crippen molar-refractivity contribution in [3.05, 3.63) is 38.1 Å². The normalized spacial score (nSPS) is 11.7. The van der Waals surface area contributed by atoms with Gasteiger partial charge >= 0.3 is 0 Å². The van der Waals surface area contributed by atoms with E-state index in [9.17, 15) is 8.42 Å². The van der Waals surface area contributed by atoms with Crippen LogP contribution in [0.25, 0.3) is 0 Å². The van der Waals surface area contributed by atoms with Gasteiger partial charge in [0.05, 0.1) is 22.1 Å². The third-order valence-electron chi connectivity index (χ3n) is 2.33. The molecule has 0 atom stereocenters. The standard InChI is InChI=1S/C10H7BrCl3N3O2S/c1-17-4-15-10(9(17)14)20(18,19)16-8-6(12)2-5(11)3-7(8)13/h2-4,16H,1H3. The summed E-state index contributed by atoms with van der Waals surface area (Å²) in [4.78, 5) is 3.75. The molecule has 1 N–H and O–H groups in total. The van der Waals surface area contributed by atoms with Gasteiger partial charge in [-0.25, -0.2) is 4.98 Å². The van der Waals surface area contributed by atoms with Crippen LogP contribution in [0.1, 0.15) is 0 Å².